The highest BCUT2D eigenvalue weighted by Gasteiger charge is 2.47. The lowest BCUT2D eigenvalue weighted by atomic mass is 10.1. The highest BCUT2D eigenvalue weighted by molar-refractivity contribution is 5.93. The Morgan fingerprint density at radius 1 is 1.19 bits per heavy atom. The number of cyclic esters (lactones) is 1. The number of esters is 1. The van der Waals surface area contributed by atoms with Crippen molar-refractivity contribution in [3.63, 3.8) is 0 Å². The average molecular weight is 429 g/mol. The van der Waals surface area contributed by atoms with E-state index in [4.69, 9.17) is 24.7 Å². The molecule has 12 nitrogen and oxygen atoms in total. The molecule has 0 aliphatic carbocycles. The first-order valence-corrected chi connectivity index (χ1v) is 9.46. The summed E-state index contributed by atoms with van der Waals surface area (Å²) in [7, 11) is 0. The van der Waals surface area contributed by atoms with Gasteiger partial charge in [-0.25, -0.2) is 19.7 Å². The number of carbonyl (C=O) groups excluding carboxylic acids is 1. The summed E-state index contributed by atoms with van der Waals surface area (Å²) in [4.78, 5) is 24.4. The molecule has 0 amide bonds. The van der Waals surface area contributed by atoms with E-state index in [9.17, 15) is 15.0 Å². The van der Waals surface area contributed by atoms with Crippen LogP contribution in [-0.4, -0.2) is 66.6 Å². The molecule has 1 fully saturated rings. The summed E-state index contributed by atoms with van der Waals surface area (Å²) < 4.78 is 23.8. The molecule has 3 aromatic rings. The number of hydrogen-bond acceptors (Lipinski definition) is 11. The predicted molar refractivity (Wildman–Crippen MR) is 103 cm³/mol. The van der Waals surface area contributed by atoms with E-state index in [0.717, 1.165) is 0 Å². The summed E-state index contributed by atoms with van der Waals surface area (Å²) in [5.41, 5.74) is 6.77. The minimum atomic E-state index is -1.72. The first-order valence-electron chi connectivity index (χ1n) is 9.46. The number of aromatic nitrogens is 4. The fraction of sp³-hybridized carbons (Fsp3) is 0.368. The van der Waals surface area contributed by atoms with Gasteiger partial charge in [0.2, 0.25) is 0 Å². The molecule has 0 saturated carbocycles. The van der Waals surface area contributed by atoms with Gasteiger partial charge in [0.25, 0.3) is 0 Å². The normalized spacial score (nSPS) is 30.1. The third kappa shape index (κ3) is 3.25. The van der Waals surface area contributed by atoms with Crippen molar-refractivity contribution in [1.29, 1.82) is 0 Å². The minimum Gasteiger partial charge on any atom is -0.429 e. The zero-order chi connectivity index (χ0) is 21.8. The van der Waals surface area contributed by atoms with Crippen molar-refractivity contribution < 1.29 is 34.0 Å². The summed E-state index contributed by atoms with van der Waals surface area (Å²) in [5.74, 6) is -1.83. The van der Waals surface area contributed by atoms with Gasteiger partial charge in [-0.1, -0.05) is 12.1 Å². The van der Waals surface area contributed by atoms with E-state index in [0.29, 0.717) is 16.9 Å². The summed E-state index contributed by atoms with van der Waals surface area (Å²) in [5, 5.41) is 21.0. The van der Waals surface area contributed by atoms with Crippen LogP contribution >= 0.6 is 0 Å². The molecular formula is C19H19N5O7. The molecule has 5 rings (SSSR count). The number of nitrogen functional groups attached to an aromatic ring is 1. The summed E-state index contributed by atoms with van der Waals surface area (Å²) in [6.07, 6.45) is -1.88. The van der Waals surface area contributed by atoms with Crippen LogP contribution in [0.4, 0.5) is 5.82 Å². The molecule has 31 heavy (non-hydrogen) atoms. The molecule has 1 saturated heterocycles. The summed E-state index contributed by atoms with van der Waals surface area (Å²) >= 11 is 0. The Bertz CT molecular complexity index is 1150. The Balaban J connectivity index is 1.32. The molecule has 0 bridgehead atoms. The third-order valence-electron chi connectivity index (χ3n) is 5.19. The molecule has 0 radical (unpaired) electrons. The van der Waals surface area contributed by atoms with Gasteiger partial charge in [-0.3, -0.25) is 4.57 Å². The number of aliphatic hydroxyl groups is 2. The fourth-order valence-electron chi connectivity index (χ4n) is 3.61. The van der Waals surface area contributed by atoms with Crippen molar-refractivity contribution in [1.82, 2.24) is 19.5 Å². The van der Waals surface area contributed by atoms with Crippen molar-refractivity contribution in [2.45, 2.75) is 37.4 Å². The van der Waals surface area contributed by atoms with Gasteiger partial charge < -0.3 is 34.9 Å². The number of nitrogens with two attached hydrogens (primary N) is 1. The largest absolute Gasteiger partial charge is 0.429 e. The van der Waals surface area contributed by atoms with Gasteiger partial charge >= 0.3 is 11.9 Å². The second kappa shape index (κ2) is 7.13. The van der Waals surface area contributed by atoms with E-state index >= 15 is 0 Å². The first-order chi connectivity index (χ1) is 14.9. The van der Waals surface area contributed by atoms with Crippen molar-refractivity contribution in [2.75, 3.05) is 12.3 Å². The van der Waals surface area contributed by atoms with Gasteiger partial charge in [0.15, 0.2) is 17.7 Å². The zero-order valence-electron chi connectivity index (χ0n) is 16.3. The molecule has 1 unspecified atom stereocenters. The minimum absolute atomic E-state index is 0.182. The quantitative estimate of drug-likeness (QED) is 0.477. The number of ether oxygens (including phenoxy) is 4. The molecule has 12 heteroatoms. The second-order valence-corrected chi connectivity index (χ2v) is 7.29. The molecule has 2 aliphatic rings. The second-order valence-electron chi connectivity index (χ2n) is 7.29. The van der Waals surface area contributed by atoms with Crippen LogP contribution in [0.3, 0.4) is 0 Å². The number of fused-ring (bicyclic) bond motifs is 2. The molecule has 4 N–H and O–H groups in total. The molecule has 5 atom stereocenters. The molecule has 2 aliphatic heterocycles. The molecule has 2 aromatic heterocycles. The number of anilines is 1. The van der Waals surface area contributed by atoms with Crippen LogP contribution in [0, 0.1) is 0 Å². The smallest absolute Gasteiger partial charge is 0.371 e. The van der Waals surface area contributed by atoms with Crippen LogP contribution in [0.25, 0.3) is 11.2 Å². The average Bonchev–Trinajstić information content (AvgIpc) is 3.29. The molecule has 4 heterocycles. The van der Waals surface area contributed by atoms with E-state index in [1.165, 1.54) is 24.1 Å². The number of benzene rings is 1. The Morgan fingerprint density at radius 3 is 2.84 bits per heavy atom. The van der Waals surface area contributed by atoms with Gasteiger partial charge in [-0.2, -0.15) is 0 Å². The molecular weight excluding hydrogens is 410 g/mol. The maximum atomic E-state index is 12.2. The Hall–Kier alpha value is -3.32. The number of imidazole rings is 1. The highest BCUT2D eigenvalue weighted by Crippen LogP contribution is 2.35. The number of carbonyl (C=O) groups is 1. The molecule has 162 valence electrons. The van der Waals surface area contributed by atoms with Gasteiger partial charge in [0.1, 0.15) is 41.5 Å². The van der Waals surface area contributed by atoms with Crippen LogP contribution in [0.15, 0.2) is 36.9 Å². The van der Waals surface area contributed by atoms with Crippen molar-refractivity contribution >= 4 is 23.0 Å². The SMILES string of the molecule is CC1(OC[C@H]2O[C@@H](n3cnc4c(N)ncnc43)[C@H](O)[C@@H]2O)OC(=O)c2ccccc2O1. The van der Waals surface area contributed by atoms with E-state index in [1.54, 1.807) is 24.3 Å². The number of aliphatic hydroxyl groups excluding tert-OH is 2. The van der Waals surface area contributed by atoms with E-state index < -0.39 is 36.5 Å². The summed E-state index contributed by atoms with van der Waals surface area (Å²) in [6.45, 7) is 1.20. The number of para-hydroxylation sites is 1. The fourth-order valence-corrected chi connectivity index (χ4v) is 3.61. The number of hydrogen-bond donors (Lipinski definition) is 3. The van der Waals surface area contributed by atoms with Crippen LogP contribution in [0.2, 0.25) is 0 Å². The first kappa shape index (κ1) is 19.6. The van der Waals surface area contributed by atoms with E-state index in [1.807, 2.05) is 0 Å². The van der Waals surface area contributed by atoms with Crippen LogP contribution in [0.1, 0.15) is 23.5 Å². The Labute approximate surface area is 175 Å². The Morgan fingerprint density at radius 2 is 2.00 bits per heavy atom. The van der Waals surface area contributed by atoms with Crippen molar-refractivity contribution in [3.8, 4) is 5.75 Å². The highest BCUT2D eigenvalue weighted by atomic mass is 16.9. The number of rotatable bonds is 4. The third-order valence-corrected chi connectivity index (χ3v) is 5.19. The van der Waals surface area contributed by atoms with Gasteiger partial charge in [-0.15, -0.1) is 0 Å². The zero-order valence-corrected chi connectivity index (χ0v) is 16.3. The maximum Gasteiger partial charge on any atom is 0.371 e. The van der Waals surface area contributed by atoms with Crippen LogP contribution in [0.5, 0.6) is 5.75 Å². The van der Waals surface area contributed by atoms with E-state index in [-0.39, 0.29) is 18.0 Å². The van der Waals surface area contributed by atoms with Crippen molar-refractivity contribution in [3.05, 3.63) is 42.5 Å². The lowest BCUT2D eigenvalue weighted by molar-refractivity contribution is -0.317. The standard InChI is InChI=1S/C19H19N5O7/c1-19(30-10-5-3-2-4-9(10)18(27)31-19)28-6-11-13(25)14(26)17(29-11)24-8-23-12-15(20)21-7-22-16(12)24/h2-5,7-8,11,13-14,17,25-26H,6H2,1H3,(H2,20,21,22)/t11-,13-,14-,17-,19?/m1/s1. The molecule has 1 aromatic carbocycles. The van der Waals surface area contributed by atoms with Gasteiger partial charge in [-0.05, 0) is 12.1 Å². The van der Waals surface area contributed by atoms with E-state index in [2.05, 4.69) is 15.0 Å². The van der Waals surface area contributed by atoms with Crippen LogP contribution < -0.4 is 10.5 Å². The lowest BCUT2D eigenvalue weighted by Gasteiger charge is -2.34. The van der Waals surface area contributed by atoms with Gasteiger partial charge in [0, 0.05) is 6.92 Å². The summed E-state index contributed by atoms with van der Waals surface area (Å²) in [6, 6.07) is 6.60. The monoisotopic (exact) mass is 429 g/mol. The molecule has 0 spiro atoms. The van der Waals surface area contributed by atoms with Crippen molar-refractivity contribution in [2.24, 2.45) is 0 Å². The Kier molecular flexibility index (Phi) is 4.51. The van der Waals surface area contributed by atoms with Crippen LogP contribution in [-0.2, 0) is 14.2 Å². The van der Waals surface area contributed by atoms with Gasteiger partial charge in [0.05, 0.1) is 12.9 Å². The predicted octanol–water partition coefficient (Wildman–Crippen LogP) is -0.0326. The number of nitrogens with zero attached hydrogens (tertiary/aromatic N) is 4. The maximum absolute atomic E-state index is 12.2. The topological polar surface area (TPSA) is 164 Å². The lowest BCUT2D eigenvalue weighted by Crippen LogP contribution is -2.47.